The standard InChI is InChI=1S/C126H126N12O12/c1-133(77-101-33-21-83-65-107(139-7)39-45-113(83)127-101)71-89-59-95(27-51-119(89)145-13)125(96-28-52-120(146-14)90(60-96)72-134(2)78-102-34-22-84-66-108(140-8)40-46-114(84)128-102,97-29-53-121(147-15)91(61-97)73-135(3)79-103-35-23-85-67-109(141-9)41-47-115(85)129-103)57-19-20-58-126(98-30-54-122(148-16)92(62-98)74-136(4)80-104-36-24-86-68-110(142-10)42-48-116(86)130-104,99-31-55-123(149-17)93(63-99)75-137(5)81-105-37-25-87-69-111(143-11)43-49-117(87)131-105)100-32-56-124(150-18)94(64-100)76-138(6)82-106-38-26-88-70-112(144-12)44-50-118(88)132-106/h21-56,59-70H,71-82H2,1-18H3. The van der Waals surface area contributed by atoms with Crippen molar-refractivity contribution in [2.75, 3.05) is 128 Å². The second-order valence-electron chi connectivity index (χ2n) is 38.4. The molecule has 0 fully saturated rings. The normalized spacial score (nSPS) is 11.7. The molecule has 24 nitrogen and oxygen atoms in total. The molecule has 6 heterocycles. The van der Waals surface area contributed by atoms with E-state index in [4.69, 9.17) is 86.7 Å². The first-order valence-electron chi connectivity index (χ1n) is 49.8. The molecule has 0 saturated carbocycles. The lowest BCUT2D eigenvalue weighted by molar-refractivity contribution is 0.306. The second-order valence-corrected chi connectivity index (χ2v) is 38.4. The van der Waals surface area contributed by atoms with E-state index in [1.165, 1.54) is 0 Å². The van der Waals surface area contributed by atoms with Gasteiger partial charge in [-0.2, -0.15) is 0 Å². The highest BCUT2D eigenvalue weighted by Gasteiger charge is 2.41. The molecule has 18 aromatic rings. The Bertz CT molecular complexity index is 6940. The van der Waals surface area contributed by atoms with Crippen molar-refractivity contribution in [3.05, 3.63) is 392 Å². The number of rotatable bonds is 42. The first-order chi connectivity index (χ1) is 73.0. The molecule has 0 unspecified atom stereocenters. The van der Waals surface area contributed by atoms with Gasteiger partial charge in [-0.1, -0.05) is 84.6 Å². The quantitative estimate of drug-likeness (QED) is 0.0257. The Labute approximate surface area is 878 Å². The van der Waals surface area contributed by atoms with E-state index in [0.29, 0.717) is 113 Å². The Hall–Kier alpha value is -16.4. The number of hydrogen-bond acceptors (Lipinski definition) is 24. The highest BCUT2D eigenvalue weighted by Crippen LogP contribution is 2.48. The van der Waals surface area contributed by atoms with Gasteiger partial charge in [-0.3, -0.25) is 59.3 Å². The third-order valence-corrected chi connectivity index (χ3v) is 27.8. The average Bonchev–Trinajstić information content (AvgIpc) is 0.736. The van der Waals surface area contributed by atoms with Crippen molar-refractivity contribution in [2.45, 2.75) is 89.4 Å². The van der Waals surface area contributed by atoms with Crippen LogP contribution in [0.25, 0.3) is 65.4 Å². The molecule has 18 rings (SSSR count). The molecule has 6 aromatic heterocycles. The van der Waals surface area contributed by atoms with Gasteiger partial charge in [-0.05, 0) is 306 Å². The Kier molecular flexibility index (Phi) is 32.3. The fraction of sp³-hybridized carbons (Fsp3) is 0.254. The van der Waals surface area contributed by atoms with Crippen LogP contribution in [0.5, 0.6) is 69.0 Å². The minimum atomic E-state index is -1.45. The van der Waals surface area contributed by atoms with Gasteiger partial charge in [0.15, 0.2) is 0 Å². The average molecular weight is 2000 g/mol. The number of hydrogen-bond donors (Lipinski definition) is 0. The lowest BCUT2D eigenvalue weighted by Gasteiger charge is -2.34. The third kappa shape index (κ3) is 23.3. The topological polar surface area (TPSA) is 208 Å². The Morgan fingerprint density at radius 2 is 0.340 bits per heavy atom. The predicted octanol–water partition coefficient (Wildman–Crippen LogP) is 22.2. The van der Waals surface area contributed by atoms with Gasteiger partial charge in [0.25, 0.3) is 0 Å². The van der Waals surface area contributed by atoms with Gasteiger partial charge in [0, 0.05) is 144 Å². The van der Waals surface area contributed by atoms with Crippen LogP contribution in [0.2, 0.25) is 0 Å². The molecule has 0 saturated heterocycles. The predicted molar refractivity (Wildman–Crippen MR) is 594 cm³/mol. The molecule has 12 aromatic carbocycles. The summed E-state index contributed by atoms with van der Waals surface area (Å²) < 4.78 is 72.9. The van der Waals surface area contributed by atoms with E-state index < -0.39 is 10.8 Å². The molecule has 0 spiro atoms. The van der Waals surface area contributed by atoms with Crippen molar-refractivity contribution in [3.8, 4) is 92.7 Å². The van der Waals surface area contributed by atoms with Crippen molar-refractivity contribution >= 4 is 65.4 Å². The van der Waals surface area contributed by atoms with Crippen LogP contribution in [0.4, 0.5) is 0 Å². The van der Waals surface area contributed by atoms with Crippen LogP contribution in [-0.2, 0) is 89.4 Å². The minimum Gasteiger partial charge on any atom is -0.497 e. The van der Waals surface area contributed by atoms with Crippen molar-refractivity contribution in [1.82, 2.24) is 59.3 Å². The molecule has 0 amide bonds. The van der Waals surface area contributed by atoms with Crippen LogP contribution in [0.3, 0.4) is 0 Å². The van der Waals surface area contributed by atoms with Gasteiger partial charge in [0.05, 0.1) is 153 Å². The van der Waals surface area contributed by atoms with E-state index in [2.05, 4.69) is 277 Å². The van der Waals surface area contributed by atoms with Crippen LogP contribution >= 0.6 is 0 Å². The summed E-state index contributed by atoms with van der Waals surface area (Å²) >= 11 is 0. The Morgan fingerprint density at radius 3 is 0.487 bits per heavy atom. The fourth-order valence-electron chi connectivity index (χ4n) is 20.4. The number of nitrogens with zero attached hydrogens (tertiary/aromatic N) is 12. The van der Waals surface area contributed by atoms with Crippen LogP contribution in [-0.4, -0.2) is 187 Å². The van der Waals surface area contributed by atoms with E-state index in [-0.39, 0.29) is 0 Å². The second kappa shape index (κ2) is 46.8. The van der Waals surface area contributed by atoms with Crippen LogP contribution < -0.4 is 56.8 Å². The van der Waals surface area contributed by atoms with Gasteiger partial charge in [0.2, 0.25) is 0 Å². The van der Waals surface area contributed by atoms with E-state index in [9.17, 15) is 0 Å². The summed E-state index contributed by atoms with van der Waals surface area (Å²) in [7, 11) is 33.1. The van der Waals surface area contributed by atoms with E-state index in [0.717, 1.165) is 201 Å². The maximum atomic E-state index is 6.51. The number of fused-ring (bicyclic) bond motifs is 6. The summed E-state index contributed by atoms with van der Waals surface area (Å²) in [6.07, 6.45) is 0. The van der Waals surface area contributed by atoms with Crippen LogP contribution in [0.1, 0.15) is 101 Å². The largest absolute Gasteiger partial charge is 0.497 e. The van der Waals surface area contributed by atoms with Gasteiger partial charge >= 0.3 is 0 Å². The number of pyridine rings is 6. The smallest absolute Gasteiger partial charge is 0.123 e. The van der Waals surface area contributed by atoms with Gasteiger partial charge < -0.3 is 56.8 Å². The van der Waals surface area contributed by atoms with Crippen molar-refractivity contribution in [2.24, 2.45) is 0 Å². The number of ether oxygens (including phenoxy) is 12. The summed E-state index contributed by atoms with van der Waals surface area (Å²) in [5.74, 6) is 24.7. The summed E-state index contributed by atoms with van der Waals surface area (Å²) in [6.45, 7) is 5.56. The van der Waals surface area contributed by atoms with Crippen LogP contribution in [0.15, 0.2) is 291 Å². The first-order valence-corrected chi connectivity index (χ1v) is 49.8. The molecule has 0 radical (unpaired) electrons. The molecule has 0 aliphatic heterocycles. The number of methoxy groups -OCH3 is 12. The van der Waals surface area contributed by atoms with Gasteiger partial charge in [-0.25, -0.2) is 0 Å². The first kappa shape index (κ1) is 104. The minimum absolute atomic E-state index is 0.428. The van der Waals surface area contributed by atoms with Crippen molar-refractivity contribution in [1.29, 1.82) is 0 Å². The lowest BCUT2D eigenvalue weighted by Crippen LogP contribution is -2.30. The molecule has 150 heavy (non-hydrogen) atoms. The van der Waals surface area contributed by atoms with Crippen molar-refractivity contribution in [3.63, 3.8) is 0 Å². The molecular weight excluding hydrogens is 1870 g/mol. The zero-order chi connectivity index (χ0) is 105. The van der Waals surface area contributed by atoms with E-state index >= 15 is 0 Å². The molecule has 0 aliphatic carbocycles. The Morgan fingerprint density at radius 1 is 0.180 bits per heavy atom. The SMILES string of the molecule is COc1ccc2nc(CN(C)Cc3cc(C(C#CC#CC(c4ccc(OC)c(CN(C)Cc5ccc6cc(OC)ccc6n5)c4)(c4ccc(OC)c(CN(C)Cc5ccc6cc(OC)ccc6n5)c4)c4ccc(OC)c(CN(C)Cc5ccc6cc(OC)ccc6n5)c4)(c4ccc(OC)c(CN(C)Cc5ccc6cc(OC)ccc6n5)c4)c4ccc(OC)c(CN(C)Cc5ccc6cc(OC)ccc6n5)c4)ccc3OC)ccc2c1. The van der Waals surface area contributed by atoms with Crippen molar-refractivity contribution < 1.29 is 56.8 Å². The molecule has 24 heteroatoms. The maximum Gasteiger partial charge on any atom is 0.123 e. The fourth-order valence-corrected chi connectivity index (χ4v) is 20.4. The highest BCUT2D eigenvalue weighted by molar-refractivity contribution is 5.85. The summed E-state index contributed by atoms with van der Waals surface area (Å²) in [5, 5.41) is 5.87. The lowest BCUT2D eigenvalue weighted by atomic mass is 9.68. The maximum absolute atomic E-state index is 6.51. The Balaban J connectivity index is 0.871. The number of aromatic nitrogens is 6. The molecule has 0 atom stereocenters. The van der Waals surface area contributed by atoms with Gasteiger partial charge in [-0.15, -0.1) is 0 Å². The zero-order valence-electron chi connectivity index (χ0n) is 88.5. The molecule has 762 valence electrons. The van der Waals surface area contributed by atoms with E-state index in [1.54, 1.807) is 85.3 Å². The monoisotopic (exact) mass is 2000 g/mol. The van der Waals surface area contributed by atoms with E-state index in [1.807, 2.05) is 109 Å². The summed E-state index contributed by atoms with van der Waals surface area (Å²) in [4.78, 5) is 44.8. The molecule has 0 aliphatic rings. The van der Waals surface area contributed by atoms with Crippen LogP contribution in [0, 0.1) is 23.7 Å². The highest BCUT2D eigenvalue weighted by atomic mass is 16.5. The summed E-state index contributed by atoms with van der Waals surface area (Å²) in [5.41, 5.74) is 17.9. The summed E-state index contributed by atoms with van der Waals surface area (Å²) in [6, 6.07) is 99.7. The molecular formula is C126H126N12O12. The molecule has 0 N–H and O–H groups in total. The van der Waals surface area contributed by atoms with Gasteiger partial charge in [0.1, 0.15) is 79.8 Å². The zero-order valence-corrected chi connectivity index (χ0v) is 88.5. The third-order valence-electron chi connectivity index (χ3n) is 27.8. The molecule has 0 bridgehead atoms. The number of benzene rings is 12.